The van der Waals surface area contributed by atoms with Gasteiger partial charge in [0.25, 0.3) is 0 Å². The van der Waals surface area contributed by atoms with Crippen molar-refractivity contribution in [2.45, 2.75) is 6.92 Å². The van der Waals surface area contributed by atoms with Gasteiger partial charge in [-0.3, -0.25) is 0 Å². The predicted octanol–water partition coefficient (Wildman–Crippen LogP) is 3.33. The fourth-order valence-electron chi connectivity index (χ4n) is 0.969. The van der Waals surface area contributed by atoms with Gasteiger partial charge in [-0.1, -0.05) is 36.4 Å². The molecule has 0 unspecified atom stereocenters. The molecule has 0 spiro atoms. The van der Waals surface area contributed by atoms with Crippen LogP contribution in [0.5, 0.6) is 0 Å². The maximum atomic E-state index is 9.00. The standard InChI is InChI=1S/C11H14N2O.C3H6/c1-13(2)9-12-11(8-14)10-6-4-3-5-7-10;1-3-2/h3-9,14H,1-2H3;3H,1H2,2H3/b11-8+,12-9?;. The van der Waals surface area contributed by atoms with Crippen LogP contribution in [0.25, 0.3) is 5.70 Å². The van der Waals surface area contributed by atoms with Crippen LogP contribution in [0.4, 0.5) is 0 Å². The molecule has 1 aromatic rings. The monoisotopic (exact) mass is 232 g/mol. The van der Waals surface area contributed by atoms with E-state index >= 15 is 0 Å². The van der Waals surface area contributed by atoms with Crippen molar-refractivity contribution in [2.75, 3.05) is 14.1 Å². The third kappa shape index (κ3) is 6.95. The van der Waals surface area contributed by atoms with E-state index in [1.54, 1.807) is 12.4 Å². The summed E-state index contributed by atoms with van der Waals surface area (Å²) in [7, 11) is 3.76. The first-order chi connectivity index (χ1) is 8.15. The molecule has 1 N–H and O–H groups in total. The van der Waals surface area contributed by atoms with E-state index in [1.165, 1.54) is 0 Å². The van der Waals surface area contributed by atoms with Crippen LogP contribution in [0.1, 0.15) is 12.5 Å². The van der Waals surface area contributed by atoms with E-state index in [2.05, 4.69) is 11.6 Å². The highest BCUT2D eigenvalue weighted by Gasteiger charge is 1.96. The minimum Gasteiger partial charge on any atom is -0.513 e. The van der Waals surface area contributed by atoms with Crippen LogP contribution in [0.3, 0.4) is 0 Å². The van der Waals surface area contributed by atoms with Crippen LogP contribution in [0.15, 0.2) is 54.2 Å². The molecule has 0 aliphatic rings. The van der Waals surface area contributed by atoms with E-state index in [9.17, 15) is 0 Å². The van der Waals surface area contributed by atoms with Gasteiger partial charge in [-0.2, -0.15) is 0 Å². The molecular weight excluding hydrogens is 212 g/mol. The third-order valence-corrected chi connectivity index (χ3v) is 1.62. The number of aliphatic imine (C=N–C) groups is 1. The second-order valence-corrected chi connectivity index (χ2v) is 3.50. The van der Waals surface area contributed by atoms with E-state index in [4.69, 9.17) is 5.11 Å². The van der Waals surface area contributed by atoms with Crippen molar-refractivity contribution in [3.05, 3.63) is 54.8 Å². The molecule has 3 heteroatoms. The molecule has 0 atom stereocenters. The third-order valence-electron chi connectivity index (χ3n) is 1.62. The second-order valence-electron chi connectivity index (χ2n) is 3.50. The molecule has 92 valence electrons. The normalized spacial score (nSPS) is 10.6. The van der Waals surface area contributed by atoms with Gasteiger partial charge >= 0.3 is 0 Å². The maximum Gasteiger partial charge on any atom is 0.106 e. The Morgan fingerprint density at radius 3 is 2.24 bits per heavy atom. The Bertz CT molecular complexity index is 367. The van der Waals surface area contributed by atoms with Gasteiger partial charge in [0, 0.05) is 19.7 Å². The number of nitrogens with zero attached hydrogens (tertiary/aromatic N) is 2. The summed E-state index contributed by atoms with van der Waals surface area (Å²) in [5.74, 6) is 0. The Balaban J connectivity index is 0.000000770. The van der Waals surface area contributed by atoms with Crippen LogP contribution in [0.2, 0.25) is 0 Å². The van der Waals surface area contributed by atoms with Crippen molar-refractivity contribution in [1.82, 2.24) is 4.90 Å². The van der Waals surface area contributed by atoms with Gasteiger partial charge in [0.15, 0.2) is 0 Å². The Labute approximate surface area is 103 Å². The van der Waals surface area contributed by atoms with Gasteiger partial charge in [0.1, 0.15) is 12.0 Å². The van der Waals surface area contributed by atoms with Gasteiger partial charge in [0.05, 0.1) is 6.34 Å². The largest absolute Gasteiger partial charge is 0.513 e. The number of aliphatic hydroxyl groups excluding tert-OH is 1. The van der Waals surface area contributed by atoms with Crippen molar-refractivity contribution in [2.24, 2.45) is 4.99 Å². The predicted molar refractivity (Wildman–Crippen MR) is 75.1 cm³/mol. The highest BCUT2D eigenvalue weighted by Crippen LogP contribution is 2.13. The van der Waals surface area contributed by atoms with Crippen molar-refractivity contribution < 1.29 is 5.11 Å². The molecule has 0 aromatic heterocycles. The Kier molecular flexibility index (Phi) is 8.11. The van der Waals surface area contributed by atoms with Crippen molar-refractivity contribution in [1.29, 1.82) is 0 Å². The number of aliphatic hydroxyl groups is 1. The minimum absolute atomic E-state index is 0.555. The number of benzene rings is 1. The smallest absolute Gasteiger partial charge is 0.106 e. The first-order valence-corrected chi connectivity index (χ1v) is 5.33. The molecule has 3 nitrogen and oxygen atoms in total. The average molecular weight is 232 g/mol. The minimum atomic E-state index is 0.555. The summed E-state index contributed by atoms with van der Waals surface area (Å²) in [6.07, 6.45) is 4.41. The van der Waals surface area contributed by atoms with Gasteiger partial charge in [-0.05, 0) is 6.92 Å². The zero-order valence-corrected chi connectivity index (χ0v) is 10.7. The topological polar surface area (TPSA) is 35.8 Å². The fourth-order valence-corrected chi connectivity index (χ4v) is 0.969. The van der Waals surface area contributed by atoms with Crippen LogP contribution in [-0.4, -0.2) is 30.4 Å². The first kappa shape index (κ1) is 15.0. The molecular formula is C14H20N2O. The summed E-state index contributed by atoms with van der Waals surface area (Å²) in [5, 5.41) is 9.00. The zero-order chi connectivity index (χ0) is 13.1. The molecule has 1 aromatic carbocycles. The van der Waals surface area contributed by atoms with Crippen LogP contribution >= 0.6 is 0 Å². The number of hydrogen-bond donors (Lipinski definition) is 1. The maximum absolute atomic E-state index is 9.00. The molecule has 1 rings (SSSR count). The lowest BCUT2D eigenvalue weighted by atomic mass is 10.2. The molecule has 0 amide bonds. The fraction of sp³-hybridized carbons (Fsp3) is 0.214. The molecule has 0 radical (unpaired) electrons. The zero-order valence-electron chi connectivity index (χ0n) is 10.7. The molecule has 0 saturated heterocycles. The summed E-state index contributed by atoms with van der Waals surface area (Å²) in [6.45, 7) is 5.25. The summed E-state index contributed by atoms with van der Waals surface area (Å²) < 4.78 is 0. The molecule has 17 heavy (non-hydrogen) atoms. The molecule has 0 heterocycles. The van der Waals surface area contributed by atoms with Crippen LogP contribution in [0, 0.1) is 0 Å². The van der Waals surface area contributed by atoms with Gasteiger partial charge in [0.2, 0.25) is 0 Å². The summed E-state index contributed by atoms with van der Waals surface area (Å²) in [5.41, 5.74) is 1.45. The van der Waals surface area contributed by atoms with E-state index in [-0.39, 0.29) is 0 Å². The SMILES string of the molecule is C=CC.CN(C)C=N/C(=C/O)c1ccccc1. The van der Waals surface area contributed by atoms with Crippen LogP contribution in [-0.2, 0) is 0 Å². The highest BCUT2D eigenvalue weighted by atomic mass is 16.2. The number of rotatable bonds is 3. The van der Waals surface area contributed by atoms with Gasteiger partial charge in [-0.15, -0.1) is 6.58 Å². The second kappa shape index (κ2) is 9.21. The lowest BCUT2D eigenvalue weighted by Gasteiger charge is -2.04. The Hall–Kier alpha value is -2.03. The van der Waals surface area contributed by atoms with E-state index in [0.717, 1.165) is 11.8 Å². The number of allylic oxidation sites excluding steroid dienone is 1. The summed E-state index contributed by atoms with van der Waals surface area (Å²) >= 11 is 0. The Morgan fingerprint density at radius 2 is 1.82 bits per heavy atom. The van der Waals surface area contributed by atoms with Crippen molar-refractivity contribution in [3.8, 4) is 0 Å². The van der Waals surface area contributed by atoms with Gasteiger partial charge in [-0.25, -0.2) is 4.99 Å². The first-order valence-electron chi connectivity index (χ1n) is 5.33. The van der Waals surface area contributed by atoms with E-state index in [0.29, 0.717) is 5.70 Å². The molecule has 0 aliphatic carbocycles. The van der Waals surface area contributed by atoms with E-state index < -0.39 is 0 Å². The quantitative estimate of drug-likeness (QED) is 0.375. The summed E-state index contributed by atoms with van der Waals surface area (Å²) in [4.78, 5) is 5.94. The molecule has 0 aliphatic heterocycles. The van der Waals surface area contributed by atoms with Gasteiger partial charge < -0.3 is 10.0 Å². The molecule has 0 saturated carbocycles. The lowest BCUT2D eigenvalue weighted by molar-refractivity contribution is 0.475. The van der Waals surface area contributed by atoms with Crippen molar-refractivity contribution >= 4 is 12.0 Å². The lowest BCUT2D eigenvalue weighted by Crippen LogP contribution is -2.07. The average Bonchev–Trinajstić information content (AvgIpc) is 2.32. The van der Waals surface area contributed by atoms with Crippen molar-refractivity contribution in [3.63, 3.8) is 0 Å². The molecule has 0 bridgehead atoms. The summed E-state index contributed by atoms with van der Waals surface area (Å²) in [6, 6.07) is 9.53. The Morgan fingerprint density at radius 1 is 1.29 bits per heavy atom. The highest BCUT2D eigenvalue weighted by molar-refractivity contribution is 5.71. The van der Waals surface area contributed by atoms with E-state index in [1.807, 2.05) is 56.3 Å². The van der Waals surface area contributed by atoms with Crippen LogP contribution < -0.4 is 0 Å². The molecule has 0 fully saturated rings. The number of hydrogen-bond acceptors (Lipinski definition) is 2.